The maximum Gasteiger partial charge on any atom is 0.335 e. The third kappa shape index (κ3) is 2.03. The lowest BCUT2D eigenvalue weighted by molar-refractivity contribution is 0.0697. The van der Waals surface area contributed by atoms with Crippen LogP contribution in [0.2, 0.25) is 0 Å². The summed E-state index contributed by atoms with van der Waals surface area (Å²) in [6, 6.07) is 13.2. The van der Waals surface area contributed by atoms with Gasteiger partial charge in [0.15, 0.2) is 0 Å². The number of aromatic carboxylic acids is 1. The molecule has 0 atom stereocenters. The Hall–Kier alpha value is -2.42. The molecule has 0 bridgehead atoms. The van der Waals surface area contributed by atoms with Crippen molar-refractivity contribution in [2.24, 2.45) is 4.99 Å². The minimum absolute atomic E-state index is 0.309. The lowest BCUT2D eigenvalue weighted by Gasteiger charge is -2.06. The summed E-state index contributed by atoms with van der Waals surface area (Å²) in [5.74, 6) is -0.902. The number of carboxylic acid groups (broad SMARTS) is 1. The summed E-state index contributed by atoms with van der Waals surface area (Å²) in [5.41, 5.74) is 5.70. The first-order valence-corrected chi connectivity index (χ1v) is 6.13. The first kappa shape index (κ1) is 11.7. The molecule has 0 saturated carbocycles. The van der Waals surface area contributed by atoms with Gasteiger partial charge in [-0.05, 0) is 41.8 Å². The van der Waals surface area contributed by atoms with E-state index in [4.69, 9.17) is 5.11 Å². The lowest BCUT2D eigenvalue weighted by atomic mass is 9.97. The molecule has 0 saturated heterocycles. The second kappa shape index (κ2) is 4.35. The number of nitrogens with zero attached hydrogens (tertiary/aromatic N) is 1. The van der Waals surface area contributed by atoms with Crippen molar-refractivity contribution in [3.8, 4) is 11.1 Å². The number of fused-ring (bicyclic) bond motifs is 1. The Morgan fingerprint density at radius 3 is 2.74 bits per heavy atom. The van der Waals surface area contributed by atoms with Gasteiger partial charge in [0.2, 0.25) is 0 Å². The first-order valence-electron chi connectivity index (χ1n) is 6.13. The highest BCUT2D eigenvalue weighted by atomic mass is 16.4. The molecule has 1 heterocycles. The quantitative estimate of drug-likeness (QED) is 0.889. The Bertz CT molecular complexity index is 702. The molecule has 2 aromatic rings. The van der Waals surface area contributed by atoms with E-state index < -0.39 is 5.97 Å². The van der Waals surface area contributed by atoms with Crippen LogP contribution in [0, 0.1) is 0 Å². The summed E-state index contributed by atoms with van der Waals surface area (Å²) < 4.78 is 0. The normalized spacial score (nSPS) is 13.0. The molecule has 0 unspecified atom stereocenters. The van der Waals surface area contributed by atoms with Crippen LogP contribution in [0.3, 0.4) is 0 Å². The average molecular weight is 251 g/mol. The van der Waals surface area contributed by atoms with Crippen molar-refractivity contribution in [1.29, 1.82) is 0 Å². The Kier molecular flexibility index (Phi) is 2.67. The fraction of sp³-hybridized carbons (Fsp3) is 0.125. The van der Waals surface area contributed by atoms with Crippen molar-refractivity contribution in [1.82, 2.24) is 0 Å². The smallest absolute Gasteiger partial charge is 0.335 e. The zero-order chi connectivity index (χ0) is 13.4. The minimum Gasteiger partial charge on any atom is -0.478 e. The molecule has 3 heteroatoms. The predicted molar refractivity (Wildman–Crippen MR) is 74.8 cm³/mol. The Morgan fingerprint density at radius 2 is 1.95 bits per heavy atom. The lowest BCUT2D eigenvalue weighted by Crippen LogP contribution is -1.96. The Morgan fingerprint density at radius 1 is 1.16 bits per heavy atom. The summed E-state index contributed by atoms with van der Waals surface area (Å²) in [5, 5.41) is 9.03. The summed E-state index contributed by atoms with van der Waals surface area (Å²) in [4.78, 5) is 15.4. The van der Waals surface area contributed by atoms with Crippen LogP contribution in [0.4, 0.5) is 0 Å². The van der Waals surface area contributed by atoms with E-state index in [1.807, 2.05) is 19.1 Å². The molecular formula is C16H13NO2. The third-order valence-electron chi connectivity index (χ3n) is 3.43. The second-order valence-corrected chi connectivity index (χ2v) is 4.66. The fourth-order valence-corrected chi connectivity index (χ4v) is 2.35. The van der Waals surface area contributed by atoms with E-state index in [2.05, 4.69) is 17.1 Å². The summed E-state index contributed by atoms with van der Waals surface area (Å²) >= 11 is 0. The molecule has 0 radical (unpaired) electrons. The van der Waals surface area contributed by atoms with Crippen LogP contribution in [0.5, 0.6) is 0 Å². The van der Waals surface area contributed by atoms with Crippen molar-refractivity contribution in [3.05, 3.63) is 59.2 Å². The molecule has 0 fully saturated rings. The molecule has 0 spiro atoms. The van der Waals surface area contributed by atoms with Crippen molar-refractivity contribution < 1.29 is 9.90 Å². The Balaban J connectivity index is 2.08. The molecule has 1 N–H and O–H groups in total. The number of carboxylic acids is 1. The van der Waals surface area contributed by atoms with E-state index in [0.29, 0.717) is 5.56 Å². The molecule has 0 amide bonds. The van der Waals surface area contributed by atoms with Crippen LogP contribution in [-0.2, 0) is 6.54 Å². The van der Waals surface area contributed by atoms with Crippen LogP contribution in [-0.4, -0.2) is 16.8 Å². The molecule has 0 aliphatic carbocycles. The number of hydrogen-bond donors (Lipinski definition) is 1. The van der Waals surface area contributed by atoms with Gasteiger partial charge in [0, 0.05) is 11.3 Å². The number of rotatable bonds is 2. The largest absolute Gasteiger partial charge is 0.478 e. The highest BCUT2D eigenvalue weighted by molar-refractivity contribution is 6.03. The van der Waals surface area contributed by atoms with E-state index in [9.17, 15) is 4.79 Å². The SMILES string of the molecule is CC1=NCc2ccc(-c3cccc(C(=O)O)c3)cc21. The molecule has 1 aliphatic rings. The number of benzene rings is 2. The van der Waals surface area contributed by atoms with E-state index in [-0.39, 0.29) is 0 Å². The molecule has 19 heavy (non-hydrogen) atoms. The second-order valence-electron chi connectivity index (χ2n) is 4.66. The maximum atomic E-state index is 11.0. The van der Waals surface area contributed by atoms with Crippen LogP contribution >= 0.6 is 0 Å². The Labute approximate surface area is 111 Å². The van der Waals surface area contributed by atoms with E-state index in [0.717, 1.165) is 23.4 Å². The number of aliphatic imine (C=N–C) groups is 1. The molecule has 2 aromatic carbocycles. The van der Waals surface area contributed by atoms with Crippen LogP contribution in [0.25, 0.3) is 11.1 Å². The summed E-state index contributed by atoms with van der Waals surface area (Å²) in [6.07, 6.45) is 0. The highest BCUT2D eigenvalue weighted by Crippen LogP contribution is 2.27. The maximum absolute atomic E-state index is 11.0. The van der Waals surface area contributed by atoms with Gasteiger partial charge in [0.1, 0.15) is 0 Å². The van der Waals surface area contributed by atoms with Gasteiger partial charge in [0.05, 0.1) is 12.1 Å². The van der Waals surface area contributed by atoms with Gasteiger partial charge < -0.3 is 5.11 Å². The average Bonchev–Trinajstić information content (AvgIpc) is 2.80. The summed E-state index contributed by atoms with van der Waals surface area (Å²) in [7, 11) is 0. The van der Waals surface area contributed by atoms with E-state index in [1.54, 1.807) is 18.2 Å². The summed E-state index contributed by atoms with van der Waals surface area (Å²) in [6.45, 7) is 2.75. The van der Waals surface area contributed by atoms with Crippen molar-refractivity contribution in [3.63, 3.8) is 0 Å². The zero-order valence-corrected chi connectivity index (χ0v) is 10.6. The molecule has 94 valence electrons. The van der Waals surface area contributed by atoms with Crippen molar-refractivity contribution in [2.45, 2.75) is 13.5 Å². The fourth-order valence-electron chi connectivity index (χ4n) is 2.35. The molecule has 1 aliphatic heterocycles. The number of hydrogen-bond acceptors (Lipinski definition) is 2. The molecule has 3 nitrogen and oxygen atoms in total. The highest BCUT2D eigenvalue weighted by Gasteiger charge is 2.13. The van der Waals surface area contributed by atoms with Crippen molar-refractivity contribution in [2.75, 3.05) is 0 Å². The zero-order valence-electron chi connectivity index (χ0n) is 10.6. The third-order valence-corrected chi connectivity index (χ3v) is 3.43. The van der Waals surface area contributed by atoms with Crippen molar-refractivity contribution >= 4 is 11.7 Å². The minimum atomic E-state index is -0.902. The predicted octanol–water partition coefficient (Wildman–Crippen LogP) is 3.37. The van der Waals surface area contributed by atoms with Gasteiger partial charge in [0.25, 0.3) is 0 Å². The van der Waals surface area contributed by atoms with Gasteiger partial charge in [-0.1, -0.05) is 24.3 Å². The van der Waals surface area contributed by atoms with Gasteiger partial charge in [-0.25, -0.2) is 4.79 Å². The number of carbonyl (C=O) groups is 1. The van der Waals surface area contributed by atoms with Gasteiger partial charge >= 0.3 is 5.97 Å². The van der Waals surface area contributed by atoms with Crippen LogP contribution < -0.4 is 0 Å². The first-order chi connectivity index (χ1) is 9.15. The molecule has 3 rings (SSSR count). The van der Waals surface area contributed by atoms with Gasteiger partial charge in [-0.3, -0.25) is 4.99 Å². The standard InChI is InChI=1S/C16H13NO2/c1-10-15-8-12(5-6-14(15)9-17-10)11-3-2-4-13(7-11)16(18)19/h2-8H,9H2,1H3,(H,18,19). The van der Waals surface area contributed by atoms with Gasteiger partial charge in [-0.15, -0.1) is 0 Å². The van der Waals surface area contributed by atoms with E-state index in [1.165, 1.54) is 11.1 Å². The van der Waals surface area contributed by atoms with Crippen LogP contribution in [0.1, 0.15) is 28.4 Å². The monoisotopic (exact) mass is 251 g/mol. The molecule has 0 aromatic heterocycles. The van der Waals surface area contributed by atoms with E-state index >= 15 is 0 Å². The molecular weight excluding hydrogens is 238 g/mol. The van der Waals surface area contributed by atoms with Crippen LogP contribution in [0.15, 0.2) is 47.5 Å². The topological polar surface area (TPSA) is 49.7 Å². The van der Waals surface area contributed by atoms with Gasteiger partial charge in [-0.2, -0.15) is 0 Å².